The lowest BCUT2D eigenvalue weighted by Gasteiger charge is -2.06. The van der Waals surface area contributed by atoms with Crippen LogP contribution in [0.25, 0.3) is 0 Å². The molecule has 0 aliphatic rings. The van der Waals surface area contributed by atoms with E-state index in [1.165, 1.54) is 0 Å². The van der Waals surface area contributed by atoms with E-state index < -0.39 is 0 Å². The molecule has 18 heavy (non-hydrogen) atoms. The Kier molecular flexibility index (Phi) is 6.43. The maximum absolute atomic E-state index is 11.5. The van der Waals surface area contributed by atoms with E-state index in [1.54, 1.807) is 12.1 Å². The summed E-state index contributed by atoms with van der Waals surface area (Å²) in [6.45, 7) is 3.97. The minimum absolute atomic E-state index is 0.0410. The van der Waals surface area contributed by atoms with E-state index in [2.05, 4.69) is 26.5 Å². The van der Waals surface area contributed by atoms with Gasteiger partial charge in [-0.25, -0.2) is 5.43 Å². The fraction of sp³-hybridized carbons (Fsp3) is 0.385. The number of carbonyl (C=O) groups excluding carboxylic acids is 1. The van der Waals surface area contributed by atoms with Crippen LogP contribution in [0.3, 0.4) is 0 Å². The molecule has 0 saturated heterocycles. The molecule has 0 unspecified atom stereocenters. The average molecular weight is 313 g/mol. The van der Waals surface area contributed by atoms with Crippen molar-refractivity contribution in [2.24, 2.45) is 5.10 Å². The quantitative estimate of drug-likeness (QED) is 0.648. The van der Waals surface area contributed by atoms with Gasteiger partial charge in [0.2, 0.25) is 0 Å². The summed E-state index contributed by atoms with van der Waals surface area (Å²) in [4.78, 5) is 11.5. The van der Waals surface area contributed by atoms with Gasteiger partial charge in [-0.15, -0.1) is 0 Å². The van der Waals surface area contributed by atoms with Gasteiger partial charge in [0.1, 0.15) is 5.75 Å². The van der Waals surface area contributed by atoms with Crippen molar-refractivity contribution in [3.63, 3.8) is 0 Å². The van der Waals surface area contributed by atoms with Gasteiger partial charge in [0.15, 0.2) is 6.61 Å². The number of nitrogens with one attached hydrogen (secondary N) is 1. The summed E-state index contributed by atoms with van der Waals surface area (Å²) in [5.41, 5.74) is 3.45. The predicted molar refractivity (Wildman–Crippen MR) is 75.8 cm³/mol. The number of hydrogen-bond acceptors (Lipinski definition) is 3. The van der Waals surface area contributed by atoms with Crippen LogP contribution in [0.15, 0.2) is 33.8 Å². The Labute approximate surface area is 116 Å². The number of amides is 1. The molecule has 1 amide bonds. The van der Waals surface area contributed by atoms with E-state index in [0.29, 0.717) is 5.75 Å². The molecular formula is C13H17BrN2O2. The predicted octanol–water partition coefficient (Wildman–Crippen LogP) is 3.12. The Bertz CT molecular complexity index is 427. The normalized spacial score (nSPS) is 9.72. The SMILES string of the molecule is CCC(CC)=NNC(=O)COc1cccc(Br)c1. The van der Waals surface area contributed by atoms with Crippen LogP contribution in [0.5, 0.6) is 5.75 Å². The zero-order valence-corrected chi connectivity index (χ0v) is 12.2. The summed E-state index contributed by atoms with van der Waals surface area (Å²) < 4.78 is 6.25. The van der Waals surface area contributed by atoms with Crippen molar-refractivity contribution in [1.29, 1.82) is 0 Å². The number of halogens is 1. The van der Waals surface area contributed by atoms with E-state index in [0.717, 1.165) is 23.0 Å². The number of benzene rings is 1. The van der Waals surface area contributed by atoms with Crippen molar-refractivity contribution in [3.8, 4) is 5.75 Å². The summed E-state index contributed by atoms with van der Waals surface area (Å²) in [6.07, 6.45) is 1.67. The highest BCUT2D eigenvalue weighted by Crippen LogP contribution is 2.17. The summed E-state index contributed by atoms with van der Waals surface area (Å²) in [6, 6.07) is 7.35. The number of hydrogen-bond donors (Lipinski definition) is 1. The van der Waals surface area contributed by atoms with E-state index in [-0.39, 0.29) is 12.5 Å². The first kappa shape index (κ1) is 14.7. The van der Waals surface area contributed by atoms with E-state index >= 15 is 0 Å². The number of hydrazone groups is 1. The molecular weight excluding hydrogens is 296 g/mol. The molecule has 5 heteroatoms. The van der Waals surface area contributed by atoms with Gasteiger partial charge in [-0.05, 0) is 31.0 Å². The van der Waals surface area contributed by atoms with Gasteiger partial charge in [0, 0.05) is 10.2 Å². The Hall–Kier alpha value is -1.36. The summed E-state index contributed by atoms with van der Waals surface area (Å²) in [7, 11) is 0. The summed E-state index contributed by atoms with van der Waals surface area (Å²) >= 11 is 3.34. The Balaban J connectivity index is 2.40. The molecule has 0 atom stereocenters. The van der Waals surface area contributed by atoms with E-state index in [9.17, 15) is 4.79 Å². The van der Waals surface area contributed by atoms with Crippen LogP contribution in [0.2, 0.25) is 0 Å². The molecule has 4 nitrogen and oxygen atoms in total. The van der Waals surface area contributed by atoms with Gasteiger partial charge in [-0.2, -0.15) is 5.10 Å². The molecule has 98 valence electrons. The smallest absolute Gasteiger partial charge is 0.277 e. The van der Waals surface area contributed by atoms with Crippen LogP contribution >= 0.6 is 15.9 Å². The standard InChI is InChI=1S/C13H17BrN2O2/c1-3-11(4-2)15-16-13(17)9-18-12-7-5-6-10(14)8-12/h5-8H,3-4,9H2,1-2H3,(H,16,17). The highest BCUT2D eigenvalue weighted by Gasteiger charge is 2.02. The highest BCUT2D eigenvalue weighted by molar-refractivity contribution is 9.10. The molecule has 0 radical (unpaired) electrons. The number of ether oxygens (including phenoxy) is 1. The Morgan fingerprint density at radius 1 is 1.39 bits per heavy atom. The highest BCUT2D eigenvalue weighted by atomic mass is 79.9. The molecule has 1 aromatic carbocycles. The van der Waals surface area contributed by atoms with Crippen LogP contribution in [0.1, 0.15) is 26.7 Å². The molecule has 0 aliphatic heterocycles. The number of carbonyl (C=O) groups is 1. The molecule has 1 rings (SSSR count). The van der Waals surface area contributed by atoms with Crippen LogP contribution < -0.4 is 10.2 Å². The minimum Gasteiger partial charge on any atom is -0.484 e. The second-order valence-electron chi connectivity index (χ2n) is 3.67. The molecule has 0 fully saturated rings. The fourth-order valence-electron chi connectivity index (χ4n) is 1.29. The van der Waals surface area contributed by atoms with Crippen molar-refractivity contribution in [2.45, 2.75) is 26.7 Å². The van der Waals surface area contributed by atoms with Crippen molar-refractivity contribution in [3.05, 3.63) is 28.7 Å². The average Bonchev–Trinajstić information content (AvgIpc) is 2.37. The zero-order valence-electron chi connectivity index (χ0n) is 10.6. The van der Waals surface area contributed by atoms with Gasteiger partial charge in [0.25, 0.3) is 5.91 Å². The second-order valence-corrected chi connectivity index (χ2v) is 4.58. The van der Waals surface area contributed by atoms with Crippen molar-refractivity contribution >= 4 is 27.5 Å². The molecule has 1 aromatic rings. The van der Waals surface area contributed by atoms with Crippen LogP contribution in [-0.2, 0) is 4.79 Å². The molecule has 0 aromatic heterocycles. The molecule has 0 aliphatic carbocycles. The first-order chi connectivity index (χ1) is 8.65. The third kappa shape index (κ3) is 5.31. The van der Waals surface area contributed by atoms with Gasteiger partial charge < -0.3 is 4.74 Å². The third-order valence-corrected chi connectivity index (χ3v) is 2.81. The minimum atomic E-state index is -0.255. The third-order valence-electron chi connectivity index (χ3n) is 2.32. The summed E-state index contributed by atoms with van der Waals surface area (Å²) in [5.74, 6) is 0.393. The lowest BCUT2D eigenvalue weighted by Crippen LogP contribution is -2.25. The number of nitrogens with zero attached hydrogens (tertiary/aromatic N) is 1. The maximum Gasteiger partial charge on any atom is 0.277 e. The molecule has 0 heterocycles. The summed E-state index contributed by atoms with van der Waals surface area (Å²) in [5, 5.41) is 4.02. The molecule has 1 N–H and O–H groups in total. The first-order valence-corrected chi connectivity index (χ1v) is 6.67. The maximum atomic E-state index is 11.5. The van der Waals surface area contributed by atoms with E-state index in [1.807, 2.05) is 26.0 Å². The largest absolute Gasteiger partial charge is 0.484 e. The monoisotopic (exact) mass is 312 g/mol. The van der Waals surface area contributed by atoms with E-state index in [4.69, 9.17) is 4.74 Å². The topological polar surface area (TPSA) is 50.7 Å². The molecule has 0 spiro atoms. The van der Waals surface area contributed by atoms with Crippen LogP contribution in [-0.4, -0.2) is 18.2 Å². The Morgan fingerprint density at radius 3 is 2.72 bits per heavy atom. The number of rotatable bonds is 6. The lowest BCUT2D eigenvalue weighted by molar-refractivity contribution is -0.123. The van der Waals surface area contributed by atoms with Gasteiger partial charge in [-0.3, -0.25) is 4.79 Å². The van der Waals surface area contributed by atoms with Crippen molar-refractivity contribution in [2.75, 3.05) is 6.61 Å². The van der Waals surface area contributed by atoms with Crippen molar-refractivity contribution < 1.29 is 9.53 Å². The second kappa shape index (κ2) is 7.87. The van der Waals surface area contributed by atoms with Crippen LogP contribution in [0, 0.1) is 0 Å². The fourth-order valence-corrected chi connectivity index (χ4v) is 1.67. The zero-order chi connectivity index (χ0) is 13.4. The first-order valence-electron chi connectivity index (χ1n) is 5.88. The van der Waals surface area contributed by atoms with Gasteiger partial charge >= 0.3 is 0 Å². The molecule has 0 bridgehead atoms. The van der Waals surface area contributed by atoms with Gasteiger partial charge in [0.05, 0.1) is 0 Å². The van der Waals surface area contributed by atoms with Gasteiger partial charge in [-0.1, -0.05) is 35.8 Å². The Morgan fingerprint density at radius 2 is 2.11 bits per heavy atom. The molecule has 0 saturated carbocycles. The van der Waals surface area contributed by atoms with Crippen LogP contribution in [0.4, 0.5) is 0 Å². The lowest BCUT2D eigenvalue weighted by atomic mass is 10.2. The van der Waals surface area contributed by atoms with Crippen molar-refractivity contribution in [1.82, 2.24) is 5.43 Å².